The lowest BCUT2D eigenvalue weighted by Crippen LogP contribution is -2.39. The standard InChI is InChI=1S/C21H40N2O4/c1-4-5-6-11-14-21(2,27)15-16-23-18(19(25)22(3)20(23)26)13-10-8-7-9-12-17-24/h18,24,27H,4-17H2,1-3H3. The van der Waals surface area contributed by atoms with E-state index in [9.17, 15) is 14.7 Å². The van der Waals surface area contributed by atoms with Crippen LogP contribution in [0.25, 0.3) is 0 Å². The van der Waals surface area contributed by atoms with Gasteiger partial charge in [-0.3, -0.25) is 9.69 Å². The van der Waals surface area contributed by atoms with E-state index in [1.165, 1.54) is 17.7 Å². The molecule has 6 nitrogen and oxygen atoms in total. The maximum absolute atomic E-state index is 12.4. The molecular weight excluding hydrogens is 344 g/mol. The second-order valence-electron chi connectivity index (χ2n) is 8.23. The summed E-state index contributed by atoms with van der Waals surface area (Å²) in [4.78, 5) is 27.7. The molecule has 1 fully saturated rings. The molecule has 1 aliphatic heterocycles. The number of imide groups is 1. The van der Waals surface area contributed by atoms with Crippen molar-refractivity contribution in [2.75, 3.05) is 20.2 Å². The van der Waals surface area contributed by atoms with Gasteiger partial charge in [0.05, 0.1) is 5.60 Å². The van der Waals surface area contributed by atoms with Gasteiger partial charge in [-0.2, -0.15) is 0 Å². The molecule has 0 aromatic carbocycles. The molecule has 3 amide bonds. The monoisotopic (exact) mass is 384 g/mol. The van der Waals surface area contributed by atoms with Crippen LogP contribution >= 0.6 is 0 Å². The first-order chi connectivity index (χ1) is 12.8. The number of hydrogen-bond acceptors (Lipinski definition) is 4. The van der Waals surface area contributed by atoms with Crippen molar-refractivity contribution in [2.45, 2.75) is 103 Å². The van der Waals surface area contributed by atoms with Gasteiger partial charge in [0.2, 0.25) is 0 Å². The summed E-state index contributed by atoms with van der Waals surface area (Å²) in [5.41, 5.74) is -0.799. The Balaban J connectivity index is 2.48. The number of hydrogen-bond donors (Lipinski definition) is 2. The minimum absolute atomic E-state index is 0.127. The molecule has 2 N–H and O–H groups in total. The van der Waals surface area contributed by atoms with Crippen LogP contribution in [0.1, 0.15) is 90.9 Å². The van der Waals surface area contributed by atoms with Crippen molar-refractivity contribution in [1.82, 2.24) is 9.80 Å². The zero-order chi connectivity index (χ0) is 20.3. The second-order valence-corrected chi connectivity index (χ2v) is 8.23. The van der Waals surface area contributed by atoms with Gasteiger partial charge >= 0.3 is 6.03 Å². The van der Waals surface area contributed by atoms with Crippen molar-refractivity contribution in [3.05, 3.63) is 0 Å². The van der Waals surface area contributed by atoms with Crippen LogP contribution in [0.15, 0.2) is 0 Å². The summed E-state index contributed by atoms with van der Waals surface area (Å²) >= 11 is 0. The van der Waals surface area contributed by atoms with Crippen molar-refractivity contribution in [2.24, 2.45) is 0 Å². The van der Waals surface area contributed by atoms with Crippen molar-refractivity contribution >= 4 is 11.9 Å². The number of rotatable bonds is 15. The lowest BCUT2D eigenvalue weighted by Gasteiger charge is -2.28. The van der Waals surface area contributed by atoms with Crippen LogP contribution in [0.5, 0.6) is 0 Å². The predicted octanol–water partition coefficient (Wildman–Crippen LogP) is 3.69. The highest BCUT2D eigenvalue weighted by molar-refractivity contribution is 6.03. The Morgan fingerprint density at radius 2 is 1.59 bits per heavy atom. The van der Waals surface area contributed by atoms with Gasteiger partial charge in [0.25, 0.3) is 5.91 Å². The van der Waals surface area contributed by atoms with E-state index in [1.807, 2.05) is 6.92 Å². The third-order valence-corrected chi connectivity index (χ3v) is 5.62. The van der Waals surface area contributed by atoms with Gasteiger partial charge in [-0.15, -0.1) is 0 Å². The average molecular weight is 385 g/mol. The van der Waals surface area contributed by atoms with Crippen LogP contribution in [0.2, 0.25) is 0 Å². The topological polar surface area (TPSA) is 81.1 Å². The van der Waals surface area contributed by atoms with Crippen molar-refractivity contribution < 1.29 is 19.8 Å². The van der Waals surface area contributed by atoms with Crippen LogP contribution in [0.3, 0.4) is 0 Å². The second kappa shape index (κ2) is 12.3. The Hall–Kier alpha value is -1.14. The number of nitrogens with zero attached hydrogens (tertiary/aromatic N) is 2. The molecular formula is C21H40N2O4. The molecule has 2 atom stereocenters. The predicted molar refractivity (Wildman–Crippen MR) is 107 cm³/mol. The summed E-state index contributed by atoms with van der Waals surface area (Å²) in [7, 11) is 1.54. The quantitative estimate of drug-likeness (QED) is 0.333. The Morgan fingerprint density at radius 1 is 0.963 bits per heavy atom. The molecule has 1 saturated heterocycles. The van der Waals surface area contributed by atoms with Crippen LogP contribution < -0.4 is 0 Å². The zero-order valence-corrected chi connectivity index (χ0v) is 17.6. The Labute approximate surface area is 164 Å². The Morgan fingerprint density at radius 3 is 2.26 bits per heavy atom. The number of likely N-dealkylation sites (N-methyl/N-ethyl adjacent to an activating group) is 1. The van der Waals surface area contributed by atoms with E-state index in [4.69, 9.17) is 5.11 Å². The minimum Gasteiger partial charge on any atom is -0.396 e. The van der Waals surface area contributed by atoms with Crippen LogP contribution in [-0.2, 0) is 4.79 Å². The fourth-order valence-electron chi connectivity index (χ4n) is 3.71. The van der Waals surface area contributed by atoms with E-state index in [0.29, 0.717) is 19.4 Å². The first-order valence-electron chi connectivity index (χ1n) is 10.8. The molecule has 0 aromatic rings. The van der Waals surface area contributed by atoms with E-state index in [0.717, 1.165) is 51.4 Å². The average Bonchev–Trinajstić information content (AvgIpc) is 2.84. The molecule has 0 aliphatic carbocycles. The summed E-state index contributed by atoms with van der Waals surface area (Å²) in [6.45, 7) is 4.65. The van der Waals surface area contributed by atoms with Crippen LogP contribution in [0.4, 0.5) is 4.79 Å². The SMILES string of the molecule is CCCCCCC(C)(O)CCN1C(=O)N(C)C(=O)C1CCCCCCCO. The summed E-state index contributed by atoms with van der Waals surface area (Å²) < 4.78 is 0. The summed E-state index contributed by atoms with van der Waals surface area (Å²) in [5, 5.41) is 19.4. The first kappa shape index (κ1) is 23.9. The first-order valence-corrected chi connectivity index (χ1v) is 10.8. The highest BCUT2D eigenvalue weighted by Gasteiger charge is 2.42. The molecule has 0 spiro atoms. The minimum atomic E-state index is -0.799. The van der Waals surface area contributed by atoms with E-state index in [-0.39, 0.29) is 18.5 Å². The van der Waals surface area contributed by atoms with Gasteiger partial charge in [0, 0.05) is 20.2 Å². The van der Waals surface area contributed by atoms with E-state index in [2.05, 4.69) is 6.92 Å². The number of urea groups is 1. The van der Waals surface area contributed by atoms with Gasteiger partial charge in [0.15, 0.2) is 0 Å². The van der Waals surface area contributed by atoms with Gasteiger partial charge < -0.3 is 15.1 Å². The largest absolute Gasteiger partial charge is 0.396 e. The maximum Gasteiger partial charge on any atom is 0.327 e. The van der Waals surface area contributed by atoms with Gasteiger partial charge in [-0.25, -0.2) is 4.79 Å². The summed E-state index contributed by atoms with van der Waals surface area (Å²) in [5.74, 6) is -0.127. The van der Waals surface area contributed by atoms with E-state index < -0.39 is 11.6 Å². The summed E-state index contributed by atoms with van der Waals surface area (Å²) in [6.07, 6.45) is 11.1. The van der Waals surface area contributed by atoms with Gasteiger partial charge in [-0.05, 0) is 32.6 Å². The van der Waals surface area contributed by atoms with Gasteiger partial charge in [0.1, 0.15) is 6.04 Å². The molecule has 27 heavy (non-hydrogen) atoms. The summed E-state index contributed by atoms with van der Waals surface area (Å²) in [6, 6.07) is -0.636. The van der Waals surface area contributed by atoms with E-state index in [1.54, 1.807) is 11.9 Å². The Kier molecular flexibility index (Phi) is 10.9. The van der Waals surface area contributed by atoms with Crippen LogP contribution in [-0.4, -0.2) is 63.8 Å². The molecule has 2 unspecified atom stereocenters. The van der Waals surface area contributed by atoms with Gasteiger partial charge in [-0.1, -0.05) is 58.3 Å². The molecule has 0 bridgehead atoms. The number of carbonyl (C=O) groups excluding carboxylic acids is 2. The third-order valence-electron chi connectivity index (χ3n) is 5.62. The molecule has 0 radical (unpaired) electrons. The Bertz CT molecular complexity index is 453. The normalized spacial score (nSPS) is 19.8. The fourth-order valence-corrected chi connectivity index (χ4v) is 3.71. The highest BCUT2D eigenvalue weighted by atomic mass is 16.3. The molecule has 158 valence electrons. The third kappa shape index (κ3) is 8.18. The fraction of sp³-hybridized carbons (Fsp3) is 0.905. The van der Waals surface area contributed by atoms with Crippen molar-refractivity contribution in [3.8, 4) is 0 Å². The molecule has 6 heteroatoms. The number of carbonyl (C=O) groups is 2. The number of amides is 3. The number of unbranched alkanes of at least 4 members (excludes halogenated alkanes) is 7. The van der Waals surface area contributed by atoms with Crippen molar-refractivity contribution in [3.63, 3.8) is 0 Å². The lowest BCUT2D eigenvalue weighted by atomic mass is 9.94. The molecule has 1 aliphatic rings. The molecule has 1 rings (SSSR count). The highest BCUT2D eigenvalue weighted by Crippen LogP contribution is 2.25. The molecule has 0 saturated carbocycles. The van der Waals surface area contributed by atoms with Crippen molar-refractivity contribution in [1.29, 1.82) is 0 Å². The molecule has 1 heterocycles. The smallest absolute Gasteiger partial charge is 0.327 e. The van der Waals surface area contributed by atoms with Crippen LogP contribution in [0, 0.1) is 0 Å². The zero-order valence-electron chi connectivity index (χ0n) is 17.6. The number of aliphatic hydroxyl groups excluding tert-OH is 1. The number of aliphatic hydroxyl groups is 2. The van der Waals surface area contributed by atoms with E-state index >= 15 is 0 Å². The molecule has 0 aromatic heterocycles. The maximum atomic E-state index is 12.4. The lowest BCUT2D eigenvalue weighted by molar-refractivity contribution is -0.127.